The smallest absolute Gasteiger partial charge is 0.264 e. The molecule has 2 amide bonds. The minimum atomic E-state index is -4.02. The van der Waals surface area contributed by atoms with E-state index in [0.29, 0.717) is 18.8 Å². The molecule has 0 spiro atoms. The van der Waals surface area contributed by atoms with Gasteiger partial charge in [0.25, 0.3) is 15.9 Å². The number of methoxy groups -OCH3 is 1. The molecular weight excluding hydrogens is 569 g/mol. The van der Waals surface area contributed by atoms with E-state index in [0.717, 1.165) is 7.88 Å². The SMILES string of the molecule is COCCNC(=O)c1ccccc1NC(=O)CN(c1ccc(I)cc1)S(=O)(=O)c1ccccc1. The van der Waals surface area contributed by atoms with Gasteiger partial charge < -0.3 is 15.4 Å². The van der Waals surface area contributed by atoms with Gasteiger partial charge >= 0.3 is 0 Å². The van der Waals surface area contributed by atoms with Crippen LogP contribution in [0.1, 0.15) is 10.4 Å². The number of amides is 2. The summed E-state index contributed by atoms with van der Waals surface area (Å²) in [5.41, 5.74) is 0.894. The number of hydrogen-bond acceptors (Lipinski definition) is 5. The van der Waals surface area contributed by atoms with Crippen molar-refractivity contribution in [2.45, 2.75) is 4.90 Å². The van der Waals surface area contributed by atoms with Crippen molar-refractivity contribution in [2.24, 2.45) is 0 Å². The molecule has 3 rings (SSSR count). The highest BCUT2D eigenvalue weighted by molar-refractivity contribution is 14.1. The van der Waals surface area contributed by atoms with E-state index in [9.17, 15) is 18.0 Å². The van der Waals surface area contributed by atoms with E-state index in [2.05, 4.69) is 33.2 Å². The van der Waals surface area contributed by atoms with E-state index < -0.39 is 22.5 Å². The van der Waals surface area contributed by atoms with Gasteiger partial charge in [0.1, 0.15) is 6.54 Å². The van der Waals surface area contributed by atoms with Crippen molar-refractivity contribution in [3.05, 3.63) is 88.0 Å². The first kappa shape index (κ1) is 25.7. The summed E-state index contributed by atoms with van der Waals surface area (Å²) in [6, 6.07) is 21.3. The number of rotatable bonds is 10. The highest BCUT2D eigenvalue weighted by Crippen LogP contribution is 2.25. The van der Waals surface area contributed by atoms with Crippen LogP contribution in [0.25, 0.3) is 0 Å². The minimum absolute atomic E-state index is 0.0688. The first-order valence-corrected chi connectivity index (χ1v) is 12.8. The lowest BCUT2D eigenvalue weighted by Crippen LogP contribution is -2.38. The Bertz CT molecular complexity index is 1230. The average Bonchev–Trinajstić information content (AvgIpc) is 2.84. The standard InChI is InChI=1S/C24H24IN3O5S/c1-33-16-15-26-24(30)21-9-5-6-10-22(21)27-23(29)17-28(19-13-11-18(25)12-14-19)34(31,32)20-7-3-2-4-8-20/h2-14H,15-17H2,1H3,(H,26,30)(H,27,29). The second-order valence-electron chi connectivity index (χ2n) is 7.14. The monoisotopic (exact) mass is 593 g/mol. The van der Waals surface area contributed by atoms with Crippen LogP contribution in [0.4, 0.5) is 11.4 Å². The van der Waals surface area contributed by atoms with Gasteiger partial charge in [0.2, 0.25) is 5.91 Å². The van der Waals surface area contributed by atoms with Crippen LogP contribution in [0.3, 0.4) is 0 Å². The topological polar surface area (TPSA) is 105 Å². The highest BCUT2D eigenvalue weighted by atomic mass is 127. The zero-order valence-electron chi connectivity index (χ0n) is 18.4. The summed E-state index contributed by atoms with van der Waals surface area (Å²) in [7, 11) is -2.49. The van der Waals surface area contributed by atoms with Crippen molar-refractivity contribution in [2.75, 3.05) is 36.4 Å². The number of anilines is 2. The first-order valence-electron chi connectivity index (χ1n) is 10.3. The summed E-state index contributed by atoms with van der Waals surface area (Å²) in [4.78, 5) is 25.6. The van der Waals surface area contributed by atoms with Gasteiger partial charge in [0.15, 0.2) is 0 Å². The van der Waals surface area contributed by atoms with E-state index in [4.69, 9.17) is 4.74 Å². The molecular formula is C24H24IN3O5S. The molecule has 0 saturated heterocycles. The quantitative estimate of drug-likeness (QED) is 0.277. The van der Waals surface area contributed by atoms with Gasteiger partial charge in [0.05, 0.1) is 28.4 Å². The Hall–Kier alpha value is -2.96. The number of halogens is 1. The summed E-state index contributed by atoms with van der Waals surface area (Å²) in [5.74, 6) is -0.963. The van der Waals surface area contributed by atoms with E-state index in [1.165, 1.54) is 19.2 Å². The zero-order chi connectivity index (χ0) is 24.6. The Morgan fingerprint density at radius 2 is 1.59 bits per heavy atom. The van der Waals surface area contributed by atoms with Gasteiger partial charge in [-0.3, -0.25) is 13.9 Å². The number of sulfonamides is 1. The van der Waals surface area contributed by atoms with Crippen molar-refractivity contribution >= 4 is 55.8 Å². The molecule has 0 unspecified atom stereocenters. The summed E-state index contributed by atoms with van der Waals surface area (Å²) >= 11 is 2.12. The molecule has 8 nitrogen and oxygen atoms in total. The van der Waals surface area contributed by atoms with Crippen molar-refractivity contribution in [3.8, 4) is 0 Å². The van der Waals surface area contributed by atoms with Crippen LogP contribution in [0.5, 0.6) is 0 Å². The predicted octanol–water partition coefficient (Wildman–Crippen LogP) is 3.50. The third-order valence-electron chi connectivity index (χ3n) is 4.77. The zero-order valence-corrected chi connectivity index (χ0v) is 21.4. The molecule has 0 bridgehead atoms. The number of carbonyl (C=O) groups excluding carboxylic acids is 2. The molecule has 0 aromatic heterocycles. The molecule has 0 aliphatic rings. The number of carbonyl (C=O) groups is 2. The van der Waals surface area contributed by atoms with Crippen molar-refractivity contribution < 1.29 is 22.7 Å². The molecule has 0 saturated carbocycles. The lowest BCUT2D eigenvalue weighted by Gasteiger charge is -2.24. The Balaban J connectivity index is 1.86. The van der Waals surface area contributed by atoms with E-state index in [-0.39, 0.29) is 22.1 Å². The maximum Gasteiger partial charge on any atom is 0.264 e. The van der Waals surface area contributed by atoms with Gasteiger partial charge in [-0.25, -0.2) is 8.42 Å². The molecule has 3 aromatic rings. The second-order valence-corrected chi connectivity index (χ2v) is 10.3. The third kappa shape index (κ3) is 6.55. The summed E-state index contributed by atoms with van der Waals surface area (Å²) in [5, 5.41) is 5.39. The molecule has 0 atom stereocenters. The number of hydrogen-bond donors (Lipinski definition) is 2. The van der Waals surface area contributed by atoms with E-state index >= 15 is 0 Å². The van der Waals surface area contributed by atoms with Crippen LogP contribution in [-0.2, 0) is 19.6 Å². The summed E-state index contributed by atoms with van der Waals surface area (Å²) in [6.45, 7) is 0.188. The van der Waals surface area contributed by atoms with Gasteiger partial charge in [-0.15, -0.1) is 0 Å². The Labute approximate surface area is 212 Å². The molecule has 3 aromatic carbocycles. The molecule has 34 heavy (non-hydrogen) atoms. The molecule has 2 N–H and O–H groups in total. The first-order chi connectivity index (χ1) is 16.3. The van der Waals surface area contributed by atoms with Gasteiger partial charge in [-0.1, -0.05) is 30.3 Å². The fourth-order valence-corrected chi connectivity index (χ4v) is 4.92. The molecule has 0 radical (unpaired) electrons. The largest absolute Gasteiger partial charge is 0.383 e. The molecule has 0 heterocycles. The fourth-order valence-electron chi connectivity index (χ4n) is 3.11. The van der Waals surface area contributed by atoms with Crippen molar-refractivity contribution in [1.82, 2.24) is 5.32 Å². The van der Waals surface area contributed by atoms with Crippen LogP contribution in [0.2, 0.25) is 0 Å². The normalized spacial score (nSPS) is 11.0. The van der Waals surface area contributed by atoms with Crippen LogP contribution in [0.15, 0.2) is 83.8 Å². The lowest BCUT2D eigenvalue weighted by molar-refractivity contribution is -0.114. The van der Waals surface area contributed by atoms with Crippen molar-refractivity contribution in [1.29, 1.82) is 0 Å². The lowest BCUT2D eigenvalue weighted by atomic mass is 10.1. The van der Waals surface area contributed by atoms with Crippen LogP contribution < -0.4 is 14.9 Å². The van der Waals surface area contributed by atoms with E-state index in [1.807, 2.05) is 0 Å². The third-order valence-corrected chi connectivity index (χ3v) is 7.28. The Morgan fingerprint density at radius 1 is 0.941 bits per heavy atom. The predicted molar refractivity (Wildman–Crippen MR) is 139 cm³/mol. The Morgan fingerprint density at radius 3 is 2.26 bits per heavy atom. The molecule has 0 fully saturated rings. The van der Waals surface area contributed by atoms with Gasteiger partial charge in [-0.2, -0.15) is 0 Å². The molecule has 0 aliphatic carbocycles. The number of para-hydroxylation sites is 1. The fraction of sp³-hybridized carbons (Fsp3) is 0.167. The van der Waals surface area contributed by atoms with E-state index in [1.54, 1.807) is 66.7 Å². The Kier molecular flexibility index (Phi) is 9.02. The number of benzene rings is 3. The van der Waals surface area contributed by atoms with Crippen LogP contribution >= 0.6 is 22.6 Å². The van der Waals surface area contributed by atoms with Gasteiger partial charge in [0, 0.05) is 17.2 Å². The molecule has 0 aliphatic heterocycles. The number of ether oxygens (including phenoxy) is 1. The molecule has 10 heteroatoms. The van der Waals surface area contributed by atoms with Crippen LogP contribution in [0, 0.1) is 3.57 Å². The van der Waals surface area contributed by atoms with Crippen molar-refractivity contribution in [3.63, 3.8) is 0 Å². The summed E-state index contributed by atoms with van der Waals surface area (Å²) in [6.07, 6.45) is 0. The maximum absolute atomic E-state index is 13.4. The van der Waals surface area contributed by atoms with Gasteiger partial charge in [-0.05, 0) is 71.1 Å². The second kappa shape index (κ2) is 12.0. The minimum Gasteiger partial charge on any atom is -0.383 e. The highest BCUT2D eigenvalue weighted by Gasteiger charge is 2.27. The van der Waals surface area contributed by atoms with Crippen LogP contribution in [-0.4, -0.2) is 47.0 Å². The molecule has 178 valence electrons. The average molecular weight is 593 g/mol. The number of nitrogens with zero attached hydrogens (tertiary/aromatic N) is 1. The summed E-state index contributed by atoms with van der Waals surface area (Å²) < 4.78 is 33.7. The maximum atomic E-state index is 13.4. The number of nitrogens with one attached hydrogen (secondary N) is 2.